The van der Waals surface area contributed by atoms with Crippen molar-refractivity contribution in [3.05, 3.63) is 66.0 Å². The molecule has 29 heavy (non-hydrogen) atoms. The highest BCUT2D eigenvalue weighted by molar-refractivity contribution is 7.98. The van der Waals surface area contributed by atoms with Gasteiger partial charge >= 0.3 is 6.18 Å². The molecule has 10 heteroatoms. The van der Waals surface area contributed by atoms with Crippen LogP contribution in [0, 0.1) is 0 Å². The minimum Gasteiger partial charge on any atom is -0.324 e. The number of benzene rings is 2. The minimum atomic E-state index is -4.37. The Morgan fingerprint density at radius 1 is 1.07 bits per heavy atom. The van der Waals surface area contributed by atoms with Crippen molar-refractivity contribution in [2.24, 2.45) is 0 Å². The predicted molar refractivity (Wildman–Crippen MR) is 110 cm³/mol. The molecule has 0 fully saturated rings. The molecule has 1 heterocycles. The Bertz CT molecular complexity index is 1040. The number of thioether (sulfide) groups is 1. The molecule has 0 amide bonds. The summed E-state index contributed by atoms with van der Waals surface area (Å²) in [6, 6.07) is 12.3. The molecule has 0 aliphatic rings. The van der Waals surface area contributed by atoms with E-state index in [1.54, 1.807) is 43.7 Å². The normalized spacial score (nSPS) is 12.0. The lowest BCUT2D eigenvalue weighted by Gasteiger charge is -2.10. The Balaban J connectivity index is 1.66. The predicted octanol–water partition coefficient (Wildman–Crippen LogP) is 5.17. The summed E-state index contributed by atoms with van der Waals surface area (Å²) in [5.74, 6) is 0.611. The second-order valence-electron chi connectivity index (χ2n) is 6.60. The lowest BCUT2D eigenvalue weighted by molar-refractivity contribution is -0.137. The van der Waals surface area contributed by atoms with Gasteiger partial charge in [0, 0.05) is 16.7 Å². The van der Waals surface area contributed by atoms with Crippen molar-refractivity contribution >= 4 is 35.8 Å². The van der Waals surface area contributed by atoms with Crippen molar-refractivity contribution in [2.75, 3.05) is 18.6 Å². The Morgan fingerprint density at radius 3 is 2.45 bits per heavy atom. The Kier molecular flexibility index (Phi) is 6.29. The number of nitrogens with one attached hydrogen (secondary N) is 1. The van der Waals surface area contributed by atoms with E-state index in [4.69, 9.17) is 0 Å². The fourth-order valence-electron chi connectivity index (χ4n) is 2.43. The van der Waals surface area contributed by atoms with Crippen molar-refractivity contribution in [1.29, 1.82) is 0 Å². The zero-order valence-electron chi connectivity index (χ0n) is 15.6. The maximum Gasteiger partial charge on any atom is 0.416 e. The van der Waals surface area contributed by atoms with Crippen LogP contribution in [0.15, 0.2) is 60.0 Å². The van der Waals surface area contributed by atoms with Gasteiger partial charge in [0.15, 0.2) is 5.16 Å². The average Bonchev–Trinajstić information content (AvgIpc) is 2.66. The monoisotopic (exact) mass is 438 g/mol. The Labute approximate surface area is 170 Å². The van der Waals surface area contributed by atoms with Gasteiger partial charge in [-0.1, -0.05) is 30.0 Å². The zero-order chi connectivity index (χ0) is 21.1. The second kappa shape index (κ2) is 8.55. The van der Waals surface area contributed by atoms with E-state index in [9.17, 15) is 17.7 Å². The highest BCUT2D eigenvalue weighted by atomic mass is 32.2. The summed E-state index contributed by atoms with van der Waals surface area (Å²) in [5.41, 5.74) is 0.571. The lowest BCUT2D eigenvalue weighted by Crippen LogP contribution is -2.05. The molecule has 0 unspecified atom stereocenters. The number of rotatable bonds is 6. The van der Waals surface area contributed by atoms with Crippen LogP contribution in [0.5, 0.6) is 0 Å². The van der Waals surface area contributed by atoms with Crippen LogP contribution in [0.4, 0.5) is 24.8 Å². The molecule has 0 bridgehead atoms. The Hall–Kier alpha value is -2.38. The van der Waals surface area contributed by atoms with Crippen LogP contribution in [-0.4, -0.2) is 28.3 Å². The van der Waals surface area contributed by atoms with Gasteiger partial charge < -0.3 is 9.88 Å². The van der Waals surface area contributed by atoms with Gasteiger partial charge in [0.05, 0.1) is 5.56 Å². The molecule has 2 aromatic carbocycles. The molecule has 0 aliphatic heterocycles. The summed E-state index contributed by atoms with van der Waals surface area (Å²) in [4.78, 5) is 12.4. The van der Waals surface area contributed by atoms with Crippen LogP contribution in [0.1, 0.15) is 11.1 Å². The molecule has 1 N–H and O–H groups in total. The number of anilines is 2. The maximum absolute atomic E-state index is 12.8. The van der Waals surface area contributed by atoms with Crippen molar-refractivity contribution in [1.82, 2.24) is 15.0 Å². The summed E-state index contributed by atoms with van der Waals surface area (Å²) in [6.45, 7) is 3.41. The fourth-order valence-corrected chi connectivity index (χ4v) is 4.04. The van der Waals surface area contributed by atoms with Gasteiger partial charge in [-0.15, -0.1) is 0 Å². The SMILES string of the molecule is CP(C)(=O)c1ccc(Nc2ncnc(SCc3cccc(C(F)(F)F)c3)n2)cc1. The molecule has 152 valence electrons. The van der Waals surface area contributed by atoms with Crippen molar-refractivity contribution in [2.45, 2.75) is 17.1 Å². The number of hydrogen-bond donors (Lipinski definition) is 1. The van der Waals surface area contributed by atoms with Gasteiger partial charge in [0.1, 0.15) is 13.5 Å². The van der Waals surface area contributed by atoms with Gasteiger partial charge in [-0.25, -0.2) is 9.97 Å². The van der Waals surface area contributed by atoms with Crippen molar-refractivity contribution in [3.8, 4) is 0 Å². The Morgan fingerprint density at radius 2 is 1.79 bits per heavy atom. The van der Waals surface area contributed by atoms with E-state index in [0.717, 1.165) is 23.1 Å². The second-order valence-corrected chi connectivity index (χ2v) is 10.8. The number of hydrogen-bond acceptors (Lipinski definition) is 6. The third-order valence-corrected chi connectivity index (χ3v) is 6.39. The maximum atomic E-state index is 12.8. The first kappa shape index (κ1) is 21.3. The van der Waals surface area contributed by atoms with Crippen molar-refractivity contribution < 1.29 is 17.7 Å². The first-order valence-corrected chi connectivity index (χ1v) is 12.1. The van der Waals surface area contributed by atoms with E-state index in [-0.39, 0.29) is 0 Å². The van der Waals surface area contributed by atoms with Crippen LogP contribution >= 0.6 is 18.9 Å². The topological polar surface area (TPSA) is 67.8 Å². The molecule has 3 aromatic rings. The van der Waals surface area contributed by atoms with Crippen molar-refractivity contribution in [3.63, 3.8) is 0 Å². The van der Waals surface area contributed by atoms with Crippen LogP contribution in [-0.2, 0) is 16.5 Å². The van der Waals surface area contributed by atoms with Gasteiger partial charge in [-0.05, 0) is 49.2 Å². The summed E-state index contributed by atoms with van der Waals surface area (Å²) in [7, 11) is -2.32. The van der Waals surface area contributed by atoms with Crippen LogP contribution in [0.3, 0.4) is 0 Å². The molecule has 0 aliphatic carbocycles. The van der Waals surface area contributed by atoms with E-state index in [2.05, 4.69) is 20.3 Å². The highest BCUT2D eigenvalue weighted by Crippen LogP contribution is 2.35. The highest BCUT2D eigenvalue weighted by Gasteiger charge is 2.30. The molecule has 1 aromatic heterocycles. The summed E-state index contributed by atoms with van der Waals surface area (Å²) < 4.78 is 50.5. The largest absolute Gasteiger partial charge is 0.416 e. The van der Waals surface area contributed by atoms with E-state index in [1.807, 2.05) is 0 Å². The molecular formula is C19H18F3N4OPS. The standard InChI is InChI=1S/C19H18F3N4OPS/c1-28(2,27)16-8-6-15(7-9-16)25-17-23-12-24-18(26-17)29-11-13-4-3-5-14(10-13)19(20,21)22/h3-10,12H,11H2,1-2H3,(H,23,24,25,26). The minimum absolute atomic E-state index is 0.296. The number of aromatic nitrogens is 3. The summed E-state index contributed by atoms with van der Waals surface area (Å²) in [5, 5.41) is 4.20. The molecule has 0 radical (unpaired) electrons. The molecule has 0 saturated carbocycles. The third-order valence-electron chi connectivity index (χ3n) is 3.92. The van der Waals surface area contributed by atoms with E-state index < -0.39 is 18.9 Å². The van der Waals surface area contributed by atoms with E-state index >= 15 is 0 Å². The lowest BCUT2D eigenvalue weighted by atomic mass is 10.1. The summed E-state index contributed by atoms with van der Waals surface area (Å²) in [6.07, 6.45) is -3.03. The molecular weight excluding hydrogens is 420 g/mol. The third kappa shape index (κ3) is 6.05. The summed E-state index contributed by atoms with van der Waals surface area (Å²) >= 11 is 1.22. The molecule has 0 atom stereocenters. The number of nitrogens with zero attached hydrogens (tertiary/aromatic N) is 3. The smallest absolute Gasteiger partial charge is 0.324 e. The fraction of sp³-hybridized carbons (Fsp3) is 0.211. The van der Waals surface area contributed by atoms with Gasteiger partial charge in [0.25, 0.3) is 0 Å². The van der Waals surface area contributed by atoms with Crippen LogP contribution in [0.2, 0.25) is 0 Å². The first-order valence-electron chi connectivity index (χ1n) is 8.52. The van der Waals surface area contributed by atoms with Crippen LogP contribution in [0.25, 0.3) is 0 Å². The van der Waals surface area contributed by atoms with E-state index in [1.165, 1.54) is 24.2 Å². The molecule has 0 spiro atoms. The zero-order valence-corrected chi connectivity index (χ0v) is 17.4. The first-order chi connectivity index (χ1) is 13.6. The molecule has 5 nitrogen and oxygen atoms in total. The number of alkyl halides is 3. The van der Waals surface area contributed by atoms with Crippen LogP contribution < -0.4 is 10.6 Å². The van der Waals surface area contributed by atoms with Gasteiger partial charge in [-0.3, -0.25) is 0 Å². The van der Waals surface area contributed by atoms with Gasteiger partial charge in [-0.2, -0.15) is 18.2 Å². The van der Waals surface area contributed by atoms with E-state index in [0.29, 0.717) is 22.4 Å². The number of halogens is 3. The quantitative estimate of drug-likeness (QED) is 0.423. The molecule has 3 rings (SSSR count). The average molecular weight is 438 g/mol. The van der Waals surface area contributed by atoms with Gasteiger partial charge in [0.2, 0.25) is 5.95 Å². The molecule has 0 saturated heterocycles.